The molecular formula is C27H22N4O2. The quantitative estimate of drug-likeness (QED) is 0.326. The van der Waals surface area contributed by atoms with E-state index in [-0.39, 0.29) is 0 Å². The first kappa shape index (κ1) is 19.5. The normalized spacial score (nSPS) is 11.6. The average Bonchev–Trinajstić information content (AvgIpc) is 3.32. The molecule has 0 spiro atoms. The first-order valence-corrected chi connectivity index (χ1v) is 10.8. The van der Waals surface area contributed by atoms with E-state index >= 15 is 0 Å². The number of para-hydroxylation sites is 1. The van der Waals surface area contributed by atoms with Gasteiger partial charge in [0.25, 0.3) is 0 Å². The Labute approximate surface area is 190 Å². The summed E-state index contributed by atoms with van der Waals surface area (Å²) in [5, 5.41) is 7.40. The Bertz CT molecular complexity index is 1670. The molecule has 0 amide bonds. The summed E-state index contributed by atoms with van der Waals surface area (Å²) in [6.45, 7) is 5.90. The average molecular weight is 434 g/mol. The maximum Gasteiger partial charge on any atom is 0.141 e. The lowest BCUT2D eigenvalue weighted by Gasteiger charge is -2.13. The number of fused-ring (bicyclic) bond motifs is 4. The molecular weight excluding hydrogens is 412 g/mol. The molecule has 0 aliphatic rings. The van der Waals surface area contributed by atoms with Crippen LogP contribution in [0.25, 0.3) is 49.5 Å². The Balaban J connectivity index is 1.81. The Morgan fingerprint density at radius 2 is 1.70 bits per heavy atom. The molecule has 0 fully saturated rings. The minimum Gasteiger partial charge on any atom is -0.496 e. The van der Waals surface area contributed by atoms with E-state index in [1.165, 1.54) is 0 Å². The van der Waals surface area contributed by atoms with Gasteiger partial charge in [0, 0.05) is 39.8 Å². The minimum atomic E-state index is 0.764. The Morgan fingerprint density at radius 3 is 2.48 bits per heavy atom. The van der Waals surface area contributed by atoms with Crippen molar-refractivity contribution in [1.29, 1.82) is 0 Å². The highest BCUT2D eigenvalue weighted by molar-refractivity contribution is 6.12. The van der Waals surface area contributed by atoms with E-state index in [4.69, 9.17) is 9.26 Å². The molecule has 0 unspecified atom stereocenters. The highest BCUT2D eigenvalue weighted by atomic mass is 16.5. The molecule has 6 heteroatoms. The molecule has 162 valence electrons. The van der Waals surface area contributed by atoms with Gasteiger partial charge in [0.15, 0.2) is 0 Å². The van der Waals surface area contributed by atoms with Gasteiger partial charge in [0.2, 0.25) is 0 Å². The molecule has 6 nitrogen and oxygen atoms in total. The lowest BCUT2D eigenvalue weighted by Crippen LogP contribution is -1.97. The van der Waals surface area contributed by atoms with Gasteiger partial charge in [-0.25, -0.2) is 0 Å². The highest BCUT2D eigenvalue weighted by Crippen LogP contribution is 2.42. The van der Waals surface area contributed by atoms with Gasteiger partial charge >= 0.3 is 0 Å². The fourth-order valence-electron chi connectivity index (χ4n) is 4.80. The topological polar surface area (TPSA) is 66.0 Å². The van der Waals surface area contributed by atoms with E-state index in [0.717, 1.165) is 72.4 Å². The van der Waals surface area contributed by atoms with Gasteiger partial charge in [0.05, 0.1) is 40.6 Å². The molecule has 0 aliphatic carbocycles. The number of hydrogen-bond donors (Lipinski definition) is 0. The number of benzene rings is 2. The van der Waals surface area contributed by atoms with Crippen molar-refractivity contribution in [2.24, 2.45) is 0 Å². The number of rotatable bonds is 3. The summed E-state index contributed by atoms with van der Waals surface area (Å²) in [6.07, 6.45) is 3.81. The molecule has 0 bridgehead atoms. The second kappa shape index (κ2) is 7.17. The first-order chi connectivity index (χ1) is 16.1. The molecule has 0 saturated heterocycles. The zero-order chi connectivity index (χ0) is 22.7. The zero-order valence-corrected chi connectivity index (χ0v) is 18.9. The molecule has 0 atom stereocenters. The van der Waals surface area contributed by atoms with E-state index in [0.29, 0.717) is 0 Å². The van der Waals surface area contributed by atoms with Crippen molar-refractivity contribution in [3.63, 3.8) is 0 Å². The van der Waals surface area contributed by atoms with Gasteiger partial charge in [0.1, 0.15) is 11.5 Å². The van der Waals surface area contributed by atoms with Crippen LogP contribution in [-0.4, -0.2) is 26.8 Å². The van der Waals surface area contributed by atoms with Crippen LogP contribution in [0, 0.1) is 20.8 Å². The lowest BCUT2D eigenvalue weighted by molar-refractivity contribution is 0.393. The van der Waals surface area contributed by atoms with Gasteiger partial charge in [-0.05, 0) is 51.1 Å². The van der Waals surface area contributed by atoms with Gasteiger partial charge in [-0.2, -0.15) is 0 Å². The van der Waals surface area contributed by atoms with E-state index in [1.807, 2.05) is 51.4 Å². The van der Waals surface area contributed by atoms with Crippen molar-refractivity contribution in [3.05, 3.63) is 78.1 Å². The van der Waals surface area contributed by atoms with Crippen LogP contribution in [0.3, 0.4) is 0 Å². The number of aryl methyl sites for hydroxylation is 3. The van der Waals surface area contributed by atoms with Crippen molar-refractivity contribution in [3.8, 4) is 22.6 Å². The molecule has 0 radical (unpaired) electrons. The fourth-order valence-corrected chi connectivity index (χ4v) is 4.80. The summed E-state index contributed by atoms with van der Waals surface area (Å²) in [5.41, 5.74) is 7.88. The van der Waals surface area contributed by atoms with E-state index in [2.05, 4.69) is 50.0 Å². The van der Waals surface area contributed by atoms with Crippen LogP contribution in [0.1, 0.15) is 17.1 Å². The molecule has 6 rings (SSSR count). The predicted octanol–water partition coefficient (Wildman–Crippen LogP) is 6.32. The molecule has 4 aromatic heterocycles. The summed E-state index contributed by atoms with van der Waals surface area (Å²) >= 11 is 0. The van der Waals surface area contributed by atoms with Crippen LogP contribution in [0.15, 0.2) is 65.4 Å². The molecule has 4 heterocycles. The van der Waals surface area contributed by atoms with Gasteiger partial charge in [-0.1, -0.05) is 23.4 Å². The standard InChI is InChI=1S/C27H22N4O2/c1-15-11-24-21(14-29-15)19-13-26(32-4)20(27-16(2)30-33-17(27)3)12-25(19)31(24)23-9-10-28-22-8-6-5-7-18(22)23/h5-14H,1-4H3. The van der Waals surface area contributed by atoms with Crippen LogP contribution < -0.4 is 4.74 Å². The van der Waals surface area contributed by atoms with E-state index in [9.17, 15) is 0 Å². The minimum absolute atomic E-state index is 0.764. The third kappa shape index (κ3) is 2.84. The van der Waals surface area contributed by atoms with Crippen molar-refractivity contribution < 1.29 is 9.26 Å². The monoisotopic (exact) mass is 434 g/mol. The van der Waals surface area contributed by atoms with Gasteiger partial charge in [-0.3, -0.25) is 9.97 Å². The van der Waals surface area contributed by atoms with Crippen LogP contribution in [0.5, 0.6) is 5.75 Å². The molecule has 2 aromatic carbocycles. The van der Waals surface area contributed by atoms with E-state index in [1.54, 1.807) is 7.11 Å². The van der Waals surface area contributed by atoms with Crippen LogP contribution in [-0.2, 0) is 0 Å². The second-order valence-electron chi connectivity index (χ2n) is 8.29. The number of methoxy groups -OCH3 is 1. The predicted molar refractivity (Wildman–Crippen MR) is 130 cm³/mol. The molecule has 0 saturated carbocycles. The Morgan fingerprint density at radius 1 is 0.879 bits per heavy atom. The van der Waals surface area contributed by atoms with Crippen molar-refractivity contribution >= 4 is 32.7 Å². The fraction of sp³-hybridized carbons (Fsp3) is 0.148. The summed E-state index contributed by atoms with van der Waals surface area (Å²) in [6, 6.07) is 16.7. The van der Waals surface area contributed by atoms with Crippen LogP contribution >= 0.6 is 0 Å². The largest absolute Gasteiger partial charge is 0.496 e. The van der Waals surface area contributed by atoms with Crippen molar-refractivity contribution in [1.82, 2.24) is 19.7 Å². The third-order valence-corrected chi connectivity index (χ3v) is 6.28. The summed E-state index contributed by atoms with van der Waals surface area (Å²) < 4.78 is 13.6. The lowest BCUT2D eigenvalue weighted by atomic mass is 10.0. The van der Waals surface area contributed by atoms with Gasteiger partial charge < -0.3 is 13.8 Å². The number of hydrogen-bond acceptors (Lipinski definition) is 5. The zero-order valence-electron chi connectivity index (χ0n) is 18.9. The highest BCUT2D eigenvalue weighted by Gasteiger charge is 2.21. The number of nitrogens with zero attached hydrogens (tertiary/aromatic N) is 4. The molecule has 0 aliphatic heterocycles. The summed E-state index contributed by atoms with van der Waals surface area (Å²) in [4.78, 5) is 9.16. The first-order valence-electron chi connectivity index (χ1n) is 10.8. The maximum atomic E-state index is 5.84. The number of ether oxygens (including phenoxy) is 1. The third-order valence-electron chi connectivity index (χ3n) is 6.28. The summed E-state index contributed by atoms with van der Waals surface area (Å²) in [7, 11) is 1.70. The number of pyridine rings is 2. The molecule has 33 heavy (non-hydrogen) atoms. The maximum absolute atomic E-state index is 5.84. The summed E-state index contributed by atoms with van der Waals surface area (Å²) in [5.74, 6) is 1.54. The Hall–Kier alpha value is -4.19. The van der Waals surface area contributed by atoms with Gasteiger partial charge in [-0.15, -0.1) is 0 Å². The molecule has 0 N–H and O–H groups in total. The Kier molecular flexibility index (Phi) is 4.23. The SMILES string of the molecule is COc1cc2c3cnc(C)cc3n(-c3ccnc4ccccc34)c2cc1-c1c(C)noc1C. The number of aromatic nitrogens is 4. The molecule has 6 aromatic rings. The smallest absolute Gasteiger partial charge is 0.141 e. The van der Waals surface area contributed by atoms with Crippen molar-refractivity contribution in [2.75, 3.05) is 7.11 Å². The van der Waals surface area contributed by atoms with E-state index < -0.39 is 0 Å². The second-order valence-corrected chi connectivity index (χ2v) is 8.29. The van der Waals surface area contributed by atoms with Crippen molar-refractivity contribution in [2.45, 2.75) is 20.8 Å². The van der Waals surface area contributed by atoms with Crippen LogP contribution in [0.4, 0.5) is 0 Å². The van der Waals surface area contributed by atoms with Crippen LogP contribution in [0.2, 0.25) is 0 Å².